The molecule has 0 spiro atoms. The number of carbonyl (C=O) groups is 1. The minimum atomic E-state index is -0.145. The molecule has 8 nitrogen and oxygen atoms in total. The van der Waals surface area contributed by atoms with Crippen molar-refractivity contribution in [3.8, 4) is 17.2 Å². The lowest BCUT2D eigenvalue weighted by Crippen LogP contribution is -2.14. The van der Waals surface area contributed by atoms with Gasteiger partial charge in [0.1, 0.15) is 17.2 Å². The molecule has 0 fully saturated rings. The van der Waals surface area contributed by atoms with Crippen molar-refractivity contribution in [1.82, 2.24) is 20.2 Å². The molecular weight excluding hydrogens is 354 g/mol. The number of carbonyl (C=O) groups excluding carboxylic acids is 1. The number of hydrogen-bond acceptors (Lipinski definition) is 7. The van der Waals surface area contributed by atoms with Gasteiger partial charge in [-0.1, -0.05) is 30.0 Å². The highest BCUT2D eigenvalue weighted by molar-refractivity contribution is 7.99. The summed E-state index contributed by atoms with van der Waals surface area (Å²) >= 11 is 1.23. The van der Waals surface area contributed by atoms with Crippen LogP contribution < -0.4 is 14.8 Å². The Balaban J connectivity index is 1.74. The van der Waals surface area contributed by atoms with Crippen molar-refractivity contribution in [2.24, 2.45) is 0 Å². The monoisotopic (exact) mass is 371 g/mol. The lowest BCUT2D eigenvalue weighted by Gasteiger charge is -2.11. The summed E-state index contributed by atoms with van der Waals surface area (Å²) in [6.45, 7) is 0. The third-order valence-corrected chi connectivity index (χ3v) is 4.36. The van der Waals surface area contributed by atoms with Gasteiger partial charge < -0.3 is 14.8 Å². The first-order valence-electron chi connectivity index (χ1n) is 7.69. The first-order chi connectivity index (χ1) is 12.7. The molecule has 3 rings (SSSR count). The van der Waals surface area contributed by atoms with Crippen molar-refractivity contribution in [2.45, 2.75) is 5.16 Å². The predicted octanol–water partition coefficient (Wildman–Crippen LogP) is 2.41. The van der Waals surface area contributed by atoms with Crippen molar-refractivity contribution < 1.29 is 14.3 Å². The number of hydrogen-bond donors (Lipinski definition) is 1. The summed E-state index contributed by atoms with van der Waals surface area (Å²) in [6, 6.07) is 14.6. The molecule has 26 heavy (non-hydrogen) atoms. The zero-order chi connectivity index (χ0) is 18.4. The fourth-order valence-electron chi connectivity index (χ4n) is 2.23. The van der Waals surface area contributed by atoms with Gasteiger partial charge in [-0.2, -0.15) is 4.68 Å². The first-order valence-corrected chi connectivity index (χ1v) is 8.68. The Morgan fingerprint density at radius 1 is 1.15 bits per heavy atom. The number of aromatic nitrogens is 4. The number of ether oxygens (including phenoxy) is 2. The van der Waals surface area contributed by atoms with Crippen LogP contribution in [-0.2, 0) is 4.79 Å². The molecule has 0 aliphatic heterocycles. The maximum atomic E-state index is 12.1. The highest BCUT2D eigenvalue weighted by Crippen LogP contribution is 2.29. The summed E-state index contributed by atoms with van der Waals surface area (Å²) in [5.41, 5.74) is 1.37. The summed E-state index contributed by atoms with van der Waals surface area (Å²) in [6.07, 6.45) is 0. The number of nitrogens with zero attached hydrogens (tertiary/aromatic N) is 4. The van der Waals surface area contributed by atoms with Crippen LogP contribution in [0, 0.1) is 0 Å². The number of amides is 1. The molecular formula is C17H17N5O3S. The number of nitrogens with one attached hydrogen (secondary N) is 1. The maximum absolute atomic E-state index is 12.1. The average Bonchev–Trinajstić information content (AvgIpc) is 3.15. The minimum absolute atomic E-state index is 0.145. The van der Waals surface area contributed by atoms with Gasteiger partial charge in [0.05, 0.1) is 20.0 Å². The highest BCUT2D eigenvalue weighted by Gasteiger charge is 2.16. The van der Waals surface area contributed by atoms with Gasteiger partial charge in [0, 0.05) is 11.8 Å². The summed E-state index contributed by atoms with van der Waals surface area (Å²) in [5, 5.41) is 15.0. The number of tetrazole rings is 1. The second-order valence-electron chi connectivity index (χ2n) is 5.11. The summed E-state index contributed by atoms with van der Waals surface area (Å²) in [4.78, 5) is 12.1. The van der Waals surface area contributed by atoms with Crippen LogP contribution in [0.5, 0.6) is 11.5 Å². The molecule has 0 bridgehead atoms. The Hall–Kier alpha value is -3.07. The van der Waals surface area contributed by atoms with E-state index in [0.29, 0.717) is 22.3 Å². The largest absolute Gasteiger partial charge is 0.497 e. The van der Waals surface area contributed by atoms with Crippen molar-refractivity contribution in [2.75, 3.05) is 25.3 Å². The van der Waals surface area contributed by atoms with Crippen molar-refractivity contribution in [1.29, 1.82) is 0 Å². The zero-order valence-electron chi connectivity index (χ0n) is 14.2. The Kier molecular flexibility index (Phi) is 5.69. The molecule has 1 heterocycles. The molecule has 0 saturated heterocycles. The van der Waals surface area contributed by atoms with E-state index in [1.807, 2.05) is 30.3 Å². The van der Waals surface area contributed by atoms with Crippen LogP contribution in [0.2, 0.25) is 0 Å². The van der Waals surface area contributed by atoms with E-state index < -0.39 is 0 Å². The van der Waals surface area contributed by atoms with Crippen LogP contribution in [0.1, 0.15) is 0 Å². The van der Waals surface area contributed by atoms with Crippen molar-refractivity contribution in [3.05, 3.63) is 48.5 Å². The number of para-hydroxylation sites is 1. The highest BCUT2D eigenvalue weighted by atomic mass is 32.2. The molecule has 134 valence electrons. The van der Waals surface area contributed by atoms with Crippen LogP contribution in [0.25, 0.3) is 5.69 Å². The predicted molar refractivity (Wildman–Crippen MR) is 98.1 cm³/mol. The van der Waals surface area contributed by atoms with Crippen molar-refractivity contribution >= 4 is 23.4 Å². The van der Waals surface area contributed by atoms with Gasteiger partial charge in [0.15, 0.2) is 0 Å². The number of benzene rings is 2. The molecule has 0 saturated carbocycles. The summed E-state index contributed by atoms with van der Waals surface area (Å²) in [5.74, 6) is 1.26. The van der Waals surface area contributed by atoms with E-state index in [0.717, 1.165) is 5.69 Å². The minimum Gasteiger partial charge on any atom is -0.497 e. The third-order valence-electron chi connectivity index (χ3n) is 3.45. The van der Waals surface area contributed by atoms with Gasteiger partial charge in [-0.15, -0.1) is 5.10 Å². The van der Waals surface area contributed by atoms with Gasteiger partial charge in [0.2, 0.25) is 11.1 Å². The van der Waals surface area contributed by atoms with Crippen molar-refractivity contribution in [3.63, 3.8) is 0 Å². The van der Waals surface area contributed by atoms with Gasteiger partial charge >= 0.3 is 0 Å². The Morgan fingerprint density at radius 2 is 1.96 bits per heavy atom. The van der Waals surface area contributed by atoms with Crippen LogP contribution in [-0.4, -0.2) is 46.1 Å². The van der Waals surface area contributed by atoms with E-state index in [9.17, 15) is 4.79 Å². The standard InChI is InChI=1S/C17H17N5O3S/c1-24-13-8-9-15(25-2)14(10-13)22-17(19-20-21-22)26-11-16(23)18-12-6-4-3-5-7-12/h3-10H,11H2,1-2H3,(H,18,23). The lowest BCUT2D eigenvalue weighted by molar-refractivity contribution is -0.113. The average molecular weight is 371 g/mol. The van der Waals surface area contributed by atoms with Gasteiger partial charge in [-0.25, -0.2) is 0 Å². The molecule has 1 amide bonds. The maximum Gasteiger partial charge on any atom is 0.234 e. The van der Waals surface area contributed by atoms with E-state index in [4.69, 9.17) is 9.47 Å². The third kappa shape index (κ3) is 4.12. The van der Waals surface area contributed by atoms with E-state index >= 15 is 0 Å². The van der Waals surface area contributed by atoms with E-state index in [-0.39, 0.29) is 11.7 Å². The Bertz CT molecular complexity index is 885. The number of methoxy groups -OCH3 is 2. The molecule has 0 aliphatic carbocycles. The fraction of sp³-hybridized carbons (Fsp3) is 0.176. The molecule has 1 N–H and O–H groups in total. The summed E-state index contributed by atoms with van der Waals surface area (Å²) in [7, 11) is 3.14. The van der Waals surface area contributed by atoms with E-state index in [2.05, 4.69) is 20.8 Å². The Labute approximate surface area is 154 Å². The van der Waals surface area contributed by atoms with Crippen LogP contribution in [0.15, 0.2) is 53.7 Å². The Morgan fingerprint density at radius 3 is 2.69 bits per heavy atom. The van der Waals surface area contributed by atoms with Gasteiger partial charge in [-0.05, 0) is 34.7 Å². The lowest BCUT2D eigenvalue weighted by atomic mass is 10.3. The second kappa shape index (κ2) is 8.34. The van der Waals surface area contributed by atoms with E-state index in [1.54, 1.807) is 32.4 Å². The van der Waals surface area contributed by atoms with Crippen LogP contribution >= 0.6 is 11.8 Å². The molecule has 9 heteroatoms. The SMILES string of the molecule is COc1ccc(OC)c(-n2nnnc2SCC(=O)Nc2ccccc2)c1. The second-order valence-corrected chi connectivity index (χ2v) is 6.06. The molecule has 2 aromatic carbocycles. The molecule has 0 radical (unpaired) electrons. The fourth-order valence-corrected chi connectivity index (χ4v) is 2.91. The molecule has 0 atom stereocenters. The first kappa shape index (κ1) is 17.7. The topological polar surface area (TPSA) is 91.2 Å². The smallest absolute Gasteiger partial charge is 0.234 e. The zero-order valence-corrected chi connectivity index (χ0v) is 15.1. The molecule has 3 aromatic rings. The van der Waals surface area contributed by atoms with Gasteiger partial charge in [-0.3, -0.25) is 4.79 Å². The normalized spacial score (nSPS) is 10.4. The number of rotatable bonds is 7. The molecule has 1 aromatic heterocycles. The quantitative estimate of drug-likeness (QED) is 0.638. The molecule has 0 unspecified atom stereocenters. The van der Waals surface area contributed by atoms with Crippen LogP contribution in [0.4, 0.5) is 5.69 Å². The summed E-state index contributed by atoms with van der Waals surface area (Å²) < 4.78 is 12.1. The number of thioether (sulfide) groups is 1. The number of anilines is 1. The van der Waals surface area contributed by atoms with Gasteiger partial charge in [0.25, 0.3) is 0 Å². The molecule has 0 aliphatic rings. The van der Waals surface area contributed by atoms with Crippen LogP contribution in [0.3, 0.4) is 0 Å². The van der Waals surface area contributed by atoms with E-state index in [1.165, 1.54) is 16.4 Å².